The van der Waals surface area contributed by atoms with Gasteiger partial charge < -0.3 is 5.73 Å². The number of hydrogen-bond donors (Lipinski definition) is 1. The van der Waals surface area contributed by atoms with Gasteiger partial charge in [0.2, 0.25) is 0 Å². The monoisotopic (exact) mass is 192 g/mol. The van der Waals surface area contributed by atoms with Crippen molar-refractivity contribution in [2.75, 3.05) is 6.54 Å². The van der Waals surface area contributed by atoms with Crippen LogP contribution in [0, 0.1) is 11.3 Å². The van der Waals surface area contributed by atoms with E-state index in [2.05, 4.69) is 12.1 Å². The van der Waals surface area contributed by atoms with Crippen molar-refractivity contribution in [1.29, 1.82) is 5.26 Å². The molecule has 2 rings (SSSR count). The molecular formula is C10H12N2S. The average Bonchev–Trinajstić information content (AvgIpc) is 2.52. The van der Waals surface area contributed by atoms with E-state index in [-0.39, 0.29) is 5.41 Å². The Morgan fingerprint density at radius 3 is 2.69 bits per heavy atom. The highest BCUT2D eigenvalue weighted by Gasteiger charge is 2.38. The molecule has 13 heavy (non-hydrogen) atoms. The molecule has 0 atom stereocenters. The number of nitriles is 1. The van der Waals surface area contributed by atoms with E-state index in [9.17, 15) is 0 Å². The van der Waals surface area contributed by atoms with E-state index in [0.29, 0.717) is 0 Å². The van der Waals surface area contributed by atoms with Crippen molar-refractivity contribution in [3.05, 3.63) is 21.9 Å². The van der Waals surface area contributed by atoms with Gasteiger partial charge in [-0.3, -0.25) is 0 Å². The molecule has 1 saturated carbocycles. The van der Waals surface area contributed by atoms with Gasteiger partial charge in [-0.15, -0.1) is 11.3 Å². The minimum absolute atomic E-state index is 0.222. The van der Waals surface area contributed by atoms with E-state index in [0.717, 1.165) is 11.4 Å². The first kappa shape index (κ1) is 8.74. The van der Waals surface area contributed by atoms with Crippen LogP contribution in [0.5, 0.6) is 0 Å². The van der Waals surface area contributed by atoms with Crippen LogP contribution in [0.1, 0.15) is 29.0 Å². The number of nitrogens with zero attached hydrogens (tertiary/aromatic N) is 1. The molecule has 1 heterocycles. The van der Waals surface area contributed by atoms with Crippen LogP contribution in [-0.2, 0) is 5.41 Å². The Labute approximate surface area is 82.0 Å². The second-order valence-corrected chi connectivity index (χ2v) is 4.70. The van der Waals surface area contributed by atoms with Crippen molar-refractivity contribution in [3.63, 3.8) is 0 Å². The molecule has 1 aromatic rings. The average molecular weight is 192 g/mol. The Hall–Kier alpha value is -0.850. The third kappa shape index (κ3) is 1.27. The van der Waals surface area contributed by atoms with Gasteiger partial charge >= 0.3 is 0 Å². The van der Waals surface area contributed by atoms with Crippen LogP contribution in [0.25, 0.3) is 0 Å². The van der Waals surface area contributed by atoms with E-state index in [1.165, 1.54) is 24.1 Å². The van der Waals surface area contributed by atoms with Gasteiger partial charge in [0.15, 0.2) is 0 Å². The molecule has 68 valence electrons. The topological polar surface area (TPSA) is 49.8 Å². The molecule has 0 saturated heterocycles. The van der Waals surface area contributed by atoms with E-state index < -0.39 is 0 Å². The van der Waals surface area contributed by atoms with Gasteiger partial charge in [-0.1, -0.05) is 6.42 Å². The molecule has 0 spiro atoms. The summed E-state index contributed by atoms with van der Waals surface area (Å²) in [6.45, 7) is 0.721. The molecule has 0 bridgehead atoms. The zero-order valence-corrected chi connectivity index (χ0v) is 8.23. The maximum absolute atomic E-state index is 8.71. The maximum atomic E-state index is 8.71. The molecule has 0 unspecified atom stereocenters. The summed E-state index contributed by atoms with van der Waals surface area (Å²) in [6.07, 6.45) is 3.65. The number of thiophene rings is 1. The van der Waals surface area contributed by atoms with E-state index in [4.69, 9.17) is 11.0 Å². The second kappa shape index (κ2) is 3.13. The van der Waals surface area contributed by atoms with Gasteiger partial charge in [0.1, 0.15) is 10.9 Å². The van der Waals surface area contributed by atoms with Gasteiger partial charge in [0.25, 0.3) is 0 Å². The predicted molar refractivity (Wildman–Crippen MR) is 53.6 cm³/mol. The van der Waals surface area contributed by atoms with Crippen molar-refractivity contribution in [1.82, 2.24) is 0 Å². The summed E-state index contributed by atoms with van der Waals surface area (Å²) >= 11 is 1.60. The molecule has 0 aromatic carbocycles. The standard InChI is InChI=1S/C10H12N2S/c11-6-8-2-3-9(13-8)10(7-12)4-1-5-10/h2-3H,1,4-5,7,12H2. The molecule has 1 aliphatic rings. The number of hydrogen-bond acceptors (Lipinski definition) is 3. The molecular weight excluding hydrogens is 180 g/mol. The van der Waals surface area contributed by atoms with Gasteiger partial charge in [-0.05, 0) is 25.0 Å². The summed E-state index contributed by atoms with van der Waals surface area (Å²) in [5.74, 6) is 0. The second-order valence-electron chi connectivity index (χ2n) is 3.61. The first-order chi connectivity index (χ1) is 6.30. The Morgan fingerprint density at radius 1 is 1.54 bits per heavy atom. The van der Waals surface area contributed by atoms with Gasteiger partial charge in [-0.25, -0.2) is 0 Å². The molecule has 2 N–H and O–H groups in total. The van der Waals surface area contributed by atoms with Crippen LogP contribution >= 0.6 is 11.3 Å². The fraction of sp³-hybridized carbons (Fsp3) is 0.500. The first-order valence-corrected chi connectivity index (χ1v) is 5.33. The molecule has 1 aromatic heterocycles. The molecule has 1 fully saturated rings. The predicted octanol–water partition coefficient (Wildman–Crippen LogP) is 2.00. The van der Waals surface area contributed by atoms with Gasteiger partial charge in [-0.2, -0.15) is 5.26 Å². The third-order valence-corrected chi connectivity index (χ3v) is 4.18. The summed E-state index contributed by atoms with van der Waals surface area (Å²) in [4.78, 5) is 2.10. The largest absolute Gasteiger partial charge is 0.330 e. The van der Waals surface area contributed by atoms with Crippen molar-refractivity contribution in [3.8, 4) is 6.07 Å². The lowest BCUT2D eigenvalue weighted by Crippen LogP contribution is -2.40. The van der Waals surface area contributed by atoms with Gasteiger partial charge in [0.05, 0.1) is 0 Å². The fourth-order valence-corrected chi connectivity index (χ4v) is 2.90. The summed E-state index contributed by atoms with van der Waals surface area (Å²) in [7, 11) is 0. The Balaban J connectivity index is 2.29. The summed E-state index contributed by atoms with van der Waals surface area (Å²) in [5, 5.41) is 8.71. The Bertz CT molecular complexity index is 339. The zero-order valence-electron chi connectivity index (χ0n) is 7.42. The zero-order chi connectivity index (χ0) is 9.31. The number of nitrogens with two attached hydrogens (primary N) is 1. The summed E-state index contributed by atoms with van der Waals surface area (Å²) in [5.41, 5.74) is 6.00. The quantitative estimate of drug-likeness (QED) is 0.779. The highest BCUT2D eigenvalue weighted by Crippen LogP contribution is 2.45. The van der Waals surface area contributed by atoms with Crippen LogP contribution in [0.15, 0.2) is 12.1 Å². The van der Waals surface area contributed by atoms with Crippen molar-refractivity contribution < 1.29 is 0 Å². The summed E-state index contributed by atoms with van der Waals surface area (Å²) < 4.78 is 0. The molecule has 0 radical (unpaired) electrons. The lowest BCUT2D eigenvalue weighted by atomic mass is 9.68. The van der Waals surface area contributed by atoms with Crippen LogP contribution in [-0.4, -0.2) is 6.54 Å². The molecule has 0 aliphatic heterocycles. The number of rotatable bonds is 2. The summed E-state index contributed by atoms with van der Waals surface area (Å²) in [6, 6.07) is 6.13. The van der Waals surface area contributed by atoms with Crippen LogP contribution in [0.3, 0.4) is 0 Å². The van der Waals surface area contributed by atoms with Crippen LogP contribution < -0.4 is 5.73 Å². The lowest BCUT2D eigenvalue weighted by molar-refractivity contribution is 0.258. The molecule has 2 nitrogen and oxygen atoms in total. The maximum Gasteiger partial charge on any atom is 0.110 e. The Kier molecular flexibility index (Phi) is 2.10. The van der Waals surface area contributed by atoms with Crippen molar-refractivity contribution >= 4 is 11.3 Å². The lowest BCUT2D eigenvalue weighted by Gasteiger charge is -2.40. The molecule has 3 heteroatoms. The van der Waals surface area contributed by atoms with Crippen molar-refractivity contribution in [2.24, 2.45) is 5.73 Å². The van der Waals surface area contributed by atoms with Gasteiger partial charge in [0, 0.05) is 16.8 Å². The van der Waals surface area contributed by atoms with E-state index in [1.807, 2.05) is 6.07 Å². The minimum Gasteiger partial charge on any atom is -0.330 e. The highest BCUT2D eigenvalue weighted by atomic mass is 32.1. The first-order valence-electron chi connectivity index (χ1n) is 4.51. The normalized spacial score (nSPS) is 19.1. The van der Waals surface area contributed by atoms with Crippen molar-refractivity contribution in [2.45, 2.75) is 24.7 Å². The van der Waals surface area contributed by atoms with Crippen LogP contribution in [0.4, 0.5) is 0 Å². The van der Waals surface area contributed by atoms with E-state index >= 15 is 0 Å². The van der Waals surface area contributed by atoms with E-state index in [1.54, 1.807) is 11.3 Å². The fourth-order valence-electron chi connectivity index (χ4n) is 1.84. The smallest absolute Gasteiger partial charge is 0.110 e. The third-order valence-electron chi connectivity index (χ3n) is 2.94. The Morgan fingerprint density at radius 2 is 2.31 bits per heavy atom. The van der Waals surface area contributed by atoms with Crippen LogP contribution in [0.2, 0.25) is 0 Å². The molecule has 0 amide bonds. The highest BCUT2D eigenvalue weighted by molar-refractivity contribution is 7.12. The minimum atomic E-state index is 0.222. The molecule has 1 aliphatic carbocycles. The SMILES string of the molecule is N#Cc1ccc(C2(CN)CCC2)s1.